The molecule has 0 aliphatic rings. The second-order valence-electron chi connectivity index (χ2n) is 5.67. The van der Waals surface area contributed by atoms with Crippen LogP contribution >= 0.6 is 0 Å². The van der Waals surface area contributed by atoms with Gasteiger partial charge in [0.2, 0.25) is 0 Å². The zero-order valence-corrected chi connectivity index (χ0v) is 14.0. The third kappa shape index (κ3) is 3.55. The predicted molar refractivity (Wildman–Crippen MR) is 89.9 cm³/mol. The van der Waals surface area contributed by atoms with Crippen molar-refractivity contribution in [2.24, 2.45) is 0 Å². The van der Waals surface area contributed by atoms with Crippen LogP contribution in [0.15, 0.2) is 60.7 Å². The van der Waals surface area contributed by atoms with Crippen molar-refractivity contribution in [1.29, 1.82) is 0 Å². The minimum atomic E-state index is -3.46. The van der Waals surface area contributed by atoms with Gasteiger partial charge in [-0.2, -0.15) is 12.7 Å². The van der Waals surface area contributed by atoms with Gasteiger partial charge in [0.25, 0.3) is 10.2 Å². The lowest BCUT2D eigenvalue weighted by atomic mass is 9.76. The molecule has 0 amide bonds. The van der Waals surface area contributed by atoms with Crippen molar-refractivity contribution in [2.75, 3.05) is 20.6 Å². The minimum absolute atomic E-state index is 0.293. The average molecular weight is 318 g/mol. The maximum atomic E-state index is 12.1. The van der Waals surface area contributed by atoms with Crippen molar-refractivity contribution in [1.82, 2.24) is 9.03 Å². The van der Waals surface area contributed by atoms with Gasteiger partial charge in [-0.1, -0.05) is 67.6 Å². The Labute approximate surface area is 133 Å². The molecule has 0 atom stereocenters. The largest absolute Gasteiger partial charge is 0.278 e. The number of benzene rings is 2. The van der Waals surface area contributed by atoms with E-state index in [9.17, 15) is 8.42 Å². The summed E-state index contributed by atoms with van der Waals surface area (Å²) in [7, 11) is -0.427. The van der Waals surface area contributed by atoms with Crippen LogP contribution < -0.4 is 4.72 Å². The summed E-state index contributed by atoms with van der Waals surface area (Å²) >= 11 is 0. The number of nitrogens with one attached hydrogen (secondary N) is 1. The molecular weight excluding hydrogens is 296 g/mol. The van der Waals surface area contributed by atoms with Gasteiger partial charge in [0.1, 0.15) is 0 Å². The van der Waals surface area contributed by atoms with Crippen LogP contribution in [0.4, 0.5) is 0 Å². The molecular formula is C17H22N2O2S. The van der Waals surface area contributed by atoms with Gasteiger partial charge in [0.05, 0.1) is 0 Å². The fourth-order valence-corrected chi connectivity index (χ4v) is 3.08. The number of rotatable bonds is 6. The summed E-state index contributed by atoms with van der Waals surface area (Å²) in [5, 5.41) is 0. The molecule has 0 bridgehead atoms. The summed E-state index contributed by atoms with van der Waals surface area (Å²) in [6.07, 6.45) is 0. The topological polar surface area (TPSA) is 49.4 Å². The fraction of sp³-hybridized carbons (Fsp3) is 0.294. The summed E-state index contributed by atoms with van der Waals surface area (Å²) in [5.74, 6) is 0. The summed E-state index contributed by atoms with van der Waals surface area (Å²) in [6, 6.07) is 19.9. The highest BCUT2D eigenvalue weighted by atomic mass is 32.2. The van der Waals surface area contributed by atoms with Gasteiger partial charge in [-0.05, 0) is 11.1 Å². The summed E-state index contributed by atoms with van der Waals surface area (Å²) < 4.78 is 28.0. The van der Waals surface area contributed by atoms with E-state index in [-0.39, 0.29) is 0 Å². The third-order valence-corrected chi connectivity index (χ3v) is 5.38. The van der Waals surface area contributed by atoms with E-state index >= 15 is 0 Å². The Morgan fingerprint density at radius 3 is 1.68 bits per heavy atom. The van der Waals surface area contributed by atoms with Crippen molar-refractivity contribution in [3.63, 3.8) is 0 Å². The Hall–Kier alpha value is -1.69. The second kappa shape index (κ2) is 6.60. The van der Waals surface area contributed by atoms with Gasteiger partial charge in [0, 0.05) is 26.1 Å². The smallest absolute Gasteiger partial charge is 0.201 e. The van der Waals surface area contributed by atoms with Crippen molar-refractivity contribution in [3.8, 4) is 0 Å². The van der Waals surface area contributed by atoms with E-state index in [1.165, 1.54) is 18.4 Å². The molecule has 0 saturated heterocycles. The molecule has 5 heteroatoms. The minimum Gasteiger partial charge on any atom is -0.201 e. The van der Waals surface area contributed by atoms with E-state index < -0.39 is 15.6 Å². The summed E-state index contributed by atoms with van der Waals surface area (Å²) in [6.45, 7) is 2.34. The lowest BCUT2D eigenvalue weighted by molar-refractivity contribution is 0.483. The highest BCUT2D eigenvalue weighted by Crippen LogP contribution is 2.31. The Morgan fingerprint density at radius 2 is 1.32 bits per heavy atom. The molecule has 2 aromatic carbocycles. The summed E-state index contributed by atoms with van der Waals surface area (Å²) in [4.78, 5) is 0. The predicted octanol–water partition coefficient (Wildman–Crippen LogP) is 2.39. The van der Waals surface area contributed by atoms with Crippen LogP contribution in [0.5, 0.6) is 0 Å². The maximum Gasteiger partial charge on any atom is 0.278 e. The van der Waals surface area contributed by atoms with E-state index in [0.717, 1.165) is 11.1 Å². The zero-order chi connectivity index (χ0) is 16.2. The molecule has 2 rings (SSSR count). The molecule has 0 aliphatic heterocycles. The zero-order valence-electron chi connectivity index (χ0n) is 13.2. The number of hydrogen-bond donors (Lipinski definition) is 1. The molecule has 1 N–H and O–H groups in total. The van der Waals surface area contributed by atoms with E-state index in [1.54, 1.807) is 0 Å². The highest BCUT2D eigenvalue weighted by Gasteiger charge is 2.30. The molecule has 0 heterocycles. The van der Waals surface area contributed by atoms with Crippen LogP contribution in [0.3, 0.4) is 0 Å². The molecule has 0 unspecified atom stereocenters. The van der Waals surface area contributed by atoms with Crippen molar-refractivity contribution in [2.45, 2.75) is 12.3 Å². The highest BCUT2D eigenvalue weighted by molar-refractivity contribution is 7.87. The summed E-state index contributed by atoms with van der Waals surface area (Å²) in [5.41, 5.74) is 1.70. The average Bonchev–Trinajstić information content (AvgIpc) is 2.54. The van der Waals surface area contributed by atoms with Gasteiger partial charge in [-0.25, -0.2) is 4.72 Å². The standard InChI is InChI=1S/C17H22N2O2S/c1-17(15-10-6-4-7-11-15,16-12-8-5-9-13-16)14-18-22(20,21)19(2)3/h4-13,18H,14H2,1-3H3. The van der Waals surface area contributed by atoms with Crippen LogP contribution in [0.2, 0.25) is 0 Å². The fourth-order valence-electron chi connectivity index (χ4n) is 2.35. The number of nitrogens with zero attached hydrogens (tertiary/aromatic N) is 1. The van der Waals surface area contributed by atoms with Crippen molar-refractivity contribution >= 4 is 10.2 Å². The van der Waals surface area contributed by atoms with Crippen LogP contribution in [0.25, 0.3) is 0 Å². The Balaban J connectivity index is 2.40. The van der Waals surface area contributed by atoms with E-state index in [2.05, 4.69) is 11.6 Å². The first-order chi connectivity index (χ1) is 10.4. The Morgan fingerprint density at radius 1 is 0.909 bits per heavy atom. The maximum absolute atomic E-state index is 12.1. The van der Waals surface area contributed by atoms with Crippen molar-refractivity contribution < 1.29 is 8.42 Å². The molecule has 4 nitrogen and oxygen atoms in total. The molecule has 118 valence electrons. The van der Waals surface area contributed by atoms with Gasteiger partial charge < -0.3 is 0 Å². The van der Waals surface area contributed by atoms with E-state index in [1.807, 2.05) is 60.7 Å². The lowest BCUT2D eigenvalue weighted by Gasteiger charge is -2.31. The molecule has 0 fully saturated rings. The second-order valence-corrected chi connectivity index (χ2v) is 7.64. The quantitative estimate of drug-likeness (QED) is 0.889. The van der Waals surface area contributed by atoms with Gasteiger partial charge >= 0.3 is 0 Å². The van der Waals surface area contributed by atoms with E-state index in [4.69, 9.17) is 0 Å². The SMILES string of the molecule is CN(C)S(=O)(=O)NCC(C)(c1ccccc1)c1ccccc1. The molecule has 22 heavy (non-hydrogen) atoms. The normalized spacial score (nSPS) is 12.5. The Bertz CT molecular complexity index is 658. The molecule has 0 aliphatic carbocycles. The van der Waals surface area contributed by atoms with E-state index in [0.29, 0.717) is 6.54 Å². The molecule has 0 radical (unpaired) electrons. The molecule has 2 aromatic rings. The van der Waals surface area contributed by atoms with Crippen LogP contribution in [-0.4, -0.2) is 33.4 Å². The van der Waals surface area contributed by atoms with Crippen molar-refractivity contribution in [3.05, 3.63) is 71.8 Å². The monoisotopic (exact) mass is 318 g/mol. The third-order valence-electron chi connectivity index (χ3n) is 3.91. The van der Waals surface area contributed by atoms with Gasteiger partial charge in [0.15, 0.2) is 0 Å². The number of hydrogen-bond acceptors (Lipinski definition) is 2. The van der Waals surface area contributed by atoms with Crippen LogP contribution in [0, 0.1) is 0 Å². The Kier molecular flexibility index (Phi) is 5.01. The van der Waals surface area contributed by atoms with Crippen LogP contribution in [-0.2, 0) is 15.6 Å². The van der Waals surface area contributed by atoms with Crippen LogP contribution in [0.1, 0.15) is 18.1 Å². The molecule has 0 saturated carbocycles. The lowest BCUT2D eigenvalue weighted by Crippen LogP contribution is -2.44. The molecule has 0 spiro atoms. The first-order valence-corrected chi connectivity index (χ1v) is 8.58. The molecule has 0 aromatic heterocycles. The van der Waals surface area contributed by atoms with Gasteiger partial charge in [-0.15, -0.1) is 0 Å². The van der Waals surface area contributed by atoms with Gasteiger partial charge in [-0.3, -0.25) is 0 Å². The first-order valence-electron chi connectivity index (χ1n) is 7.14. The first kappa shape index (κ1) is 16.7.